The second-order valence-electron chi connectivity index (χ2n) is 3.97. The maximum Gasteiger partial charge on any atom is 0.180 e. The fraction of sp³-hybridized carbons (Fsp3) is 0.400. The lowest BCUT2D eigenvalue weighted by molar-refractivity contribution is -0.130. The minimum atomic E-state index is -0.580. The van der Waals surface area contributed by atoms with Gasteiger partial charge in [0.15, 0.2) is 17.3 Å². The van der Waals surface area contributed by atoms with Crippen LogP contribution in [0.25, 0.3) is 0 Å². The van der Waals surface area contributed by atoms with Crippen LogP contribution in [0.1, 0.15) is 0 Å². The zero-order valence-electron chi connectivity index (χ0n) is 11.9. The van der Waals surface area contributed by atoms with Crippen molar-refractivity contribution >= 4 is 17.3 Å². The van der Waals surface area contributed by atoms with E-state index in [9.17, 15) is 14.4 Å². The van der Waals surface area contributed by atoms with Crippen LogP contribution in [0.15, 0.2) is 38.0 Å². The Morgan fingerprint density at radius 2 is 1.14 bits per heavy atom. The van der Waals surface area contributed by atoms with Crippen LogP contribution in [0.2, 0.25) is 0 Å². The van der Waals surface area contributed by atoms with Gasteiger partial charge in [-0.2, -0.15) is 0 Å². The van der Waals surface area contributed by atoms with E-state index in [1.165, 1.54) is 0 Å². The molecule has 0 fully saturated rings. The van der Waals surface area contributed by atoms with Gasteiger partial charge < -0.3 is 14.2 Å². The highest BCUT2D eigenvalue weighted by Gasteiger charge is 2.13. The molecule has 0 aliphatic heterocycles. The van der Waals surface area contributed by atoms with E-state index in [0.717, 1.165) is 18.2 Å². The van der Waals surface area contributed by atoms with Gasteiger partial charge in [0.1, 0.15) is 25.9 Å². The van der Waals surface area contributed by atoms with Gasteiger partial charge in [-0.25, -0.2) is 0 Å². The summed E-state index contributed by atoms with van der Waals surface area (Å²) < 4.78 is 15.5. The molecule has 0 heterocycles. The lowest BCUT2D eigenvalue weighted by Crippen LogP contribution is -2.29. The average Bonchev–Trinajstić information content (AvgIpc) is 2.50. The first-order chi connectivity index (χ1) is 10.0. The average molecular weight is 296 g/mol. The monoisotopic (exact) mass is 296 g/mol. The second kappa shape index (κ2) is 11.9. The van der Waals surface area contributed by atoms with Crippen molar-refractivity contribution in [1.29, 1.82) is 0 Å². The number of carbonyl (C=O) groups excluding carboxylic acids is 3. The molecular formula is C15H20O6. The number of carbonyl (C=O) groups is 3. The molecule has 116 valence electrons. The van der Waals surface area contributed by atoms with Gasteiger partial charge in [0.05, 0.1) is 13.2 Å². The SMILES string of the molecule is C=CC(=O)COCC(COCC(=O)C=C)OCC(=O)C=C. The van der Waals surface area contributed by atoms with Crippen LogP contribution in [0.4, 0.5) is 0 Å². The molecule has 0 bridgehead atoms. The molecule has 21 heavy (non-hydrogen) atoms. The highest BCUT2D eigenvalue weighted by molar-refractivity contribution is 5.90. The van der Waals surface area contributed by atoms with Crippen molar-refractivity contribution in [2.45, 2.75) is 6.10 Å². The van der Waals surface area contributed by atoms with Gasteiger partial charge in [-0.1, -0.05) is 19.7 Å². The van der Waals surface area contributed by atoms with Gasteiger partial charge in [-0.3, -0.25) is 14.4 Å². The van der Waals surface area contributed by atoms with Gasteiger partial charge >= 0.3 is 0 Å². The number of hydrogen-bond donors (Lipinski definition) is 0. The van der Waals surface area contributed by atoms with Crippen LogP contribution in [-0.2, 0) is 28.6 Å². The molecule has 0 saturated carbocycles. The highest BCUT2D eigenvalue weighted by atomic mass is 16.6. The first kappa shape index (κ1) is 19.1. The van der Waals surface area contributed by atoms with Crippen LogP contribution in [0.3, 0.4) is 0 Å². The van der Waals surface area contributed by atoms with Crippen LogP contribution in [0, 0.1) is 0 Å². The van der Waals surface area contributed by atoms with Crippen LogP contribution in [-0.4, -0.2) is 56.5 Å². The quantitative estimate of drug-likeness (QED) is 0.438. The van der Waals surface area contributed by atoms with E-state index in [2.05, 4.69) is 19.7 Å². The summed E-state index contributed by atoms with van der Waals surface area (Å²) in [5, 5.41) is 0. The molecule has 0 aromatic heterocycles. The van der Waals surface area contributed by atoms with Crippen LogP contribution >= 0.6 is 0 Å². The molecule has 6 nitrogen and oxygen atoms in total. The third kappa shape index (κ3) is 10.5. The molecule has 0 atom stereocenters. The van der Waals surface area contributed by atoms with Crippen molar-refractivity contribution in [3.63, 3.8) is 0 Å². The third-order valence-electron chi connectivity index (χ3n) is 2.24. The Morgan fingerprint density at radius 1 is 0.762 bits per heavy atom. The molecule has 0 rings (SSSR count). The Morgan fingerprint density at radius 3 is 1.52 bits per heavy atom. The summed E-state index contributed by atoms with van der Waals surface area (Å²) in [4.78, 5) is 33.1. The summed E-state index contributed by atoms with van der Waals surface area (Å²) in [6.45, 7) is 9.62. The number of hydrogen-bond acceptors (Lipinski definition) is 6. The van der Waals surface area contributed by atoms with Crippen molar-refractivity contribution in [1.82, 2.24) is 0 Å². The normalized spacial score (nSPS) is 10.1. The maximum absolute atomic E-state index is 11.1. The first-order valence-corrected chi connectivity index (χ1v) is 6.26. The summed E-state index contributed by atoms with van der Waals surface area (Å²) in [6.07, 6.45) is 2.86. The number of rotatable bonds is 14. The fourth-order valence-electron chi connectivity index (χ4n) is 1.10. The second-order valence-corrected chi connectivity index (χ2v) is 3.97. The standard InChI is InChI=1S/C15H20O6/c1-4-12(16)7-19-10-15(21-9-14(18)6-3)11-20-8-13(17)5-2/h4-6,15H,1-3,7-11H2. The van der Waals surface area contributed by atoms with Gasteiger partial charge in [0, 0.05) is 0 Å². The predicted molar refractivity (Wildman–Crippen MR) is 77.0 cm³/mol. The zero-order valence-corrected chi connectivity index (χ0v) is 11.9. The topological polar surface area (TPSA) is 78.9 Å². The molecule has 0 aromatic rings. The fourth-order valence-corrected chi connectivity index (χ4v) is 1.10. The van der Waals surface area contributed by atoms with Gasteiger partial charge in [0.2, 0.25) is 0 Å². The van der Waals surface area contributed by atoms with E-state index in [0.29, 0.717) is 0 Å². The molecule has 0 spiro atoms. The highest BCUT2D eigenvalue weighted by Crippen LogP contribution is 1.97. The van der Waals surface area contributed by atoms with E-state index in [1.807, 2.05) is 0 Å². The third-order valence-corrected chi connectivity index (χ3v) is 2.24. The Hall–Kier alpha value is -1.89. The first-order valence-electron chi connectivity index (χ1n) is 6.26. The largest absolute Gasteiger partial charge is 0.371 e. The van der Waals surface area contributed by atoms with E-state index in [1.54, 1.807) is 0 Å². The van der Waals surface area contributed by atoms with Gasteiger partial charge in [0.25, 0.3) is 0 Å². The molecule has 0 amide bonds. The van der Waals surface area contributed by atoms with Crippen molar-refractivity contribution in [2.24, 2.45) is 0 Å². The maximum atomic E-state index is 11.1. The summed E-state index contributed by atoms with van der Waals surface area (Å²) >= 11 is 0. The smallest absolute Gasteiger partial charge is 0.180 e. The molecule has 0 aliphatic rings. The van der Waals surface area contributed by atoms with Crippen molar-refractivity contribution < 1.29 is 28.6 Å². The molecule has 6 heteroatoms. The van der Waals surface area contributed by atoms with Crippen LogP contribution in [0.5, 0.6) is 0 Å². The number of ketones is 3. The Balaban J connectivity index is 4.18. The van der Waals surface area contributed by atoms with E-state index >= 15 is 0 Å². The van der Waals surface area contributed by atoms with Crippen molar-refractivity contribution in [2.75, 3.05) is 33.0 Å². The summed E-state index contributed by atoms with van der Waals surface area (Å²) in [5.41, 5.74) is 0. The van der Waals surface area contributed by atoms with E-state index in [4.69, 9.17) is 14.2 Å². The minimum Gasteiger partial charge on any atom is -0.371 e. The molecule has 0 aromatic carbocycles. The van der Waals surface area contributed by atoms with Gasteiger partial charge in [-0.05, 0) is 18.2 Å². The molecule has 0 aliphatic carbocycles. The van der Waals surface area contributed by atoms with Gasteiger partial charge in [-0.15, -0.1) is 0 Å². The molecule has 0 unspecified atom stereocenters. The van der Waals surface area contributed by atoms with Crippen LogP contribution < -0.4 is 0 Å². The number of ether oxygens (including phenoxy) is 3. The summed E-state index contributed by atoms with van der Waals surface area (Å²) in [5.74, 6) is -0.818. The lowest BCUT2D eigenvalue weighted by Gasteiger charge is -2.17. The Bertz CT molecular complexity index is 373. The van der Waals surface area contributed by atoms with E-state index in [-0.39, 0.29) is 50.4 Å². The lowest BCUT2D eigenvalue weighted by atomic mass is 10.3. The van der Waals surface area contributed by atoms with Crippen molar-refractivity contribution in [3.8, 4) is 0 Å². The molecule has 0 saturated heterocycles. The molecular weight excluding hydrogens is 276 g/mol. The predicted octanol–water partition coefficient (Wildman–Crippen LogP) is 0.670. The molecule has 0 radical (unpaired) electrons. The summed E-state index contributed by atoms with van der Waals surface area (Å²) in [7, 11) is 0. The minimum absolute atomic E-state index is 0.0479. The molecule has 0 N–H and O–H groups in total. The van der Waals surface area contributed by atoms with Crippen molar-refractivity contribution in [3.05, 3.63) is 38.0 Å². The zero-order chi connectivity index (χ0) is 16.1. The van der Waals surface area contributed by atoms with E-state index < -0.39 is 6.10 Å². The Kier molecular flexibility index (Phi) is 10.8. The Labute approximate surface area is 124 Å². The summed E-state index contributed by atoms with van der Waals surface area (Å²) in [6, 6.07) is 0.